The molecule has 0 bridgehead atoms. The number of anilines is 1. The maximum Gasteiger partial charge on any atom is 0.240 e. The zero-order valence-electron chi connectivity index (χ0n) is 19.9. The van der Waals surface area contributed by atoms with Crippen LogP contribution < -0.4 is 19.1 Å². The highest BCUT2D eigenvalue weighted by atomic mass is 16.7. The molecule has 4 aliphatic heterocycles. The predicted octanol–water partition coefficient (Wildman–Crippen LogP) is 3.82. The van der Waals surface area contributed by atoms with Gasteiger partial charge in [0.25, 0.3) is 0 Å². The molecular weight excluding hydrogens is 472 g/mol. The van der Waals surface area contributed by atoms with Crippen molar-refractivity contribution in [3.8, 4) is 17.2 Å². The fourth-order valence-corrected chi connectivity index (χ4v) is 6.13. The zero-order chi connectivity index (χ0) is 25.3. The molecule has 2 amide bonds. The number of ketones is 1. The number of hydrogen-bond acceptors (Lipinski definition) is 7. The fourth-order valence-electron chi connectivity index (χ4n) is 6.13. The van der Waals surface area contributed by atoms with Crippen LogP contribution in [0.4, 0.5) is 5.69 Å². The zero-order valence-corrected chi connectivity index (χ0v) is 19.9. The molecule has 8 nitrogen and oxygen atoms in total. The molecule has 4 aliphatic rings. The topological polar surface area (TPSA) is 85.4 Å². The number of fused-ring (bicyclic) bond motifs is 6. The number of benzene rings is 3. The first-order chi connectivity index (χ1) is 18.1. The molecule has 2 fully saturated rings. The normalized spacial score (nSPS) is 24.7. The molecule has 2 saturated heterocycles. The predicted molar refractivity (Wildman–Crippen MR) is 133 cm³/mol. The molecular formula is C29H22N2O6. The largest absolute Gasteiger partial charge is 0.495 e. The minimum Gasteiger partial charge on any atom is -0.495 e. The molecule has 7 rings (SSSR count). The molecule has 184 valence electrons. The average molecular weight is 495 g/mol. The van der Waals surface area contributed by atoms with Crippen LogP contribution in [0.5, 0.6) is 17.2 Å². The molecule has 8 heteroatoms. The molecule has 0 aromatic heterocycles. The molecule has 0 unspecified atom stereocenters. The SMILES string of the molecule is COc1ccccc1N1C(=O)[C@@H]2[C@H](C1=O)[C@H]1c3ccccc3C=CN1[C@@H]2C(=O)c1ccc2c(c1)OCO2. The van der Waals surface area contributed by atoms with Crippen molar-refractivity contribution in [1.29, 1.82) is 0 Å². The number of Topliss-reactive ketones (excluding diaryl/α,β-unsaturated/α-hetero) is 1. The number of nitrogens with zero attached hydrogens (tertiary/aromatic N) is 2. The highest BCUT2D eigenvalue weighted by Crippen LogP contribution is 2.54. The Morgan fingerprint density at radius 1 is 0.919 bits per heavy atom. The van der Waals surface area contributed by atoms with Gasteiger partial charge in [-0.05, 0) is 47.5 Å². The maximum atomic E-state index is 14.1. The first kappa shape index (κ1) is 21.7. The van der Waals surface area contributed by atoms with Crippen molar-refractivity contribution < 1.29 is 28.6 Å². The number of methoxy groups -OCH3 is 1. The maximum absolute atomic E-state index is 14.1. The molecule has 3 aromatic rings. The lowest BCUT2D eigenvalue weighted by Gasteiger charge is -2.35. The van der Waals surface area contributed by atoms with Gasteiger partial charge in [-0.2, -0.15) is 0 Å². The number of hydrogen-bond donors (Lipinski definition) is 0. The van der Waals surface area contributed by atoms with Crippen LogP contribution in [0, 0.1) is 11.8 Å². The minimum atomic E-state index is -0.865. The lowest BCUT2D eigenvalue weighted by atomic mass is 9.83. The van der Waals surface area contributed by atoms with Gasteiger partial charge in [-0.25, -0.2) is 4.90 Å². The van der Waals surface area contributed by atoms with Crippen molar-refractivity contribution >= 4 is 29.4 Å². The summed E-state index contributed by atoms with van der Waals surface area (Å²) in [5, 5.41) is 0. The first-order valence-corrected chi connectivity index (χ1v) is 12.1. The van der Waals surface area contributed by atoms with Gasteiger partial charge in [0.15, 0.2) is 17.3 Å². The van der Waals surface area contributed by atoms with Crippen molar-refractivity contribution in [2.24, 2.45) is 11.8 Å². The summed E-state index contributed by atoms with van der Waals surface area (Å²) in [4.78, 5) is 45.3. The summed E-state index contributed by atoms with van der Waals surface area (Å²) < 4.78 is 16.3. The van der Waals surface area contributed by atoms with Gasteiger partial charge in [-0.1, -0.05) is 36.4 Å². The van der Waals surface area contributed by atoms with E-state index in [2.05, 4.69) is 0 Å². The second-order valence-corrected chi connectivity index (χ2v) is 9.45. The van der Waals surface area contributed by atoms with Crippen molar-refractivity contribution in [3.63, 3.8) is 0 Å². The van der Waals surface area contributed by atoms with Crippen molar-refractivity contribution in [3.05, 3.63) is 89.6 Å². The number of imide groups is 1. The van der Waals surface area contributed by atoms with Crippen LogP contribution in [0.2, 0.25) is 0 Å². The van der Waals surface area contributed by atoms with Crippen molar-refractivity contribution in [2.45, 2.75) is 12.1 Å². The van der Waals surface area contributed by atoms with E-state index in [-0.39, 0.29) is 18.5 Å². The molecule has 0 saturated carbocycles. The lowest BCUT2D eigenvalue weighted by Crippen LogP contribution is -2.44. The van der Waals surface area contributed by atoms with E-state index in [9.17, 15) is 14.4 Å². The number of para-hydroxylation sites is 2. The van der Waals surface area contributed by atoms with Gasteiger partial charge < -0.3 is 19.1 Å². The van der Waals surface area contributed by atoms with Crippen LogP contribution in [-0.2, 0) is 9.59 Å². The van der Waals surface area contributed by atoms with Crippen LogP contribution >= 0.6 is 0 Å². The Morgan fingerprint density at radius 3 is 2.54 bits per heavy atom. The van der Waals surface area contributed by atoms with Gasteiger partial charge in [-0.3, -0.25) is 14.4 Å². The number of rotatable bonds is 4. The number of carbonyl (C=O) groups excluding carboxylic acids is 3. The van der Waals surface area contributed by atoms with Gasteiger partial charge in [0, 0.05) is 11.8 Å². The van der Waals surface area contributed by atoms with Crippen LogP contribution in [-0.4, -0.2) is 42.4 Å². The Bertz CT molecular complexity index is 1510. The number of ether oxygens (including phenoxy) is 3. The lowest BCUT2D eigenvalue weighted by molar-refractivity contribution is -0.123. The highest BCUT2D eigenvalue weighted by Gasteiger charge is 2.64. The molecule has 0 aliphatic carbocycles. The summed E-state index contributed by atoms with van der Waals surface area (Å²) in [5.41, 5.74) is 2.67. The average Bonchev–Trinajstić information content (AvgIpc) is 3.61. The Balaban J connectivity index is 1.37. The van der Waals surface area contributed by atoms with Gasteiger partial charge in [-0.15, -0.1) is 0 Å². The molecule has 4 atom stereocenters. The van der Waals surface area contributed by atoms with Crippen LogP contribution in [0.1, 0.15) is 27.5 Å². The van der Waals surface area contributed by atoms with Crippen molar-refractivity contribution in [1.82, 2.24) is 4.90 Å². The second kappa shape index (κ2) is 7.96. The Morgan fingerprint density at radius 2 is 1.68 bits per heavy atom. The second-order valence-electron chi connectivity index (χ2n) is 9.45. The van der Waals surface area contributed by atoms with E-state index in [1.807, 2.05) is 41.4 Å². The summed E-state index contributed by atoms with van der Waals surface area (Å²) in [6, 6.07) is 18.4. The van der Waals surface area contributed by atoms with E-state index in [1.165, 1.54) is 12.0 Å². The van der Waals surface area contributed by atoms with Crippen LogP contribution in [0.15, 0.2) is 72.9 Å². The van der Waals surface area contributed by atoms with Gasteiger partial charge in [0.2, 0.25) is 18.6 Å². The quantitative estimate of drug-likeness (QED) is 0.403. The van der Waals surface area contributed by atoms with E-state index in [1.54, 1.807) is 42.5 Å². The monoisotopic (exact) mass is 494 g/mol. The van der Waals surface area contributed by atoms with E-state index >= 15 is 0 Å². The highest BCUT2D eigenvalue weighted by molar-refractivity contribution is 6.25. The molecule has 3 aromatic carbocycles. The molecule has 0 radical (unpaired) electrons. The van der Waals surface area contributed by atoms with E-state index in [0.29, 0.717) is 28.5 Å². The first-order valence-electron chi connectivity index (χ1n) is 12.1. The Hall–Kier alpha value is -4.59. The van der Waals surface area contributed by atoms with Gasteiger partial charge >= 0.3 is 0 Å². The third kappa shape index (κ3) is 2.98. The summed E-state index contributed by atoms with van der Waals surface area (Å²) in [6.45, 7) is 0.0929. The smallest absolute Gasteiger partial charge is 0.240 e. The Labute approximate surface area is 212 Å². The molecule has 0 spiro atoms. The van der Waals surface area contributed by atoms with Crippen LogP contribution in [0.3, 0.4) is 0 Å². The molecule has 4 heterocycles. The van der Waals surface area contributed by atoms with Crippen LogP contribution in [0.25, 0.3) is 6.08 Å². The summed E-state index contributed by atoms with van der Waals surface area (Å²) in [5.74, 6) is -1.10. The number of amides is 2. The van der Waals surface area contributed by atoms with E-state index in [0.717, 1.165) is 11.1 Å². The van der Waals surface area contributed by atoms with Gasteiger partial charge in [0.05, 0.1) is 30.7 Å². The third-order valence-electron chi connectivity index (χ3n) is 7.71. The number of carbonyl (C=O) groups is 3. The molecule has 0 N–H and O–H groups in total. The van der Waals surface area contributed by atoms with Gasteiger partial charge in [0.1, 0.15) is 11.8 Å². The summed E-state index contributed by atoms with van der Waals surface area (Å²) in [7, 11) is 1.50. The fraction of sp³-hybridized carbons (Fsp3) is 0.207. The standard InChI is InChI=1S/C29H22N2O6/c1-35-20-9-5-4-8-19(20)31-28(33)23-24(29(31)34)26(27(32)17-10-11-21-22(14-17)37-15-36-21)30-13-12-16-6-2-3-7-18(16)25(23)30/h2-14,23-26H,15H2,1H3/t23-,24+,25+,26-/m0/s1. The molecule has 37 heavy (non-hydrogen) atoms. The third-order valence-corrected chi connectivity index (χ3v) is 7.71. The summed E-state index contributed by atoms with van der Waals surface area (Å²) >= 11 is 0. The van der Waals surface area contributed by atoms with Crippen molar-refractivity contribution in [2.75, 3.05) is 18.8 Å². The van der Waals surface area contributed by atoms with E-state index in [4.69, 9.17) is 14.2 Å². The minimum absolute atomic E-state index is 0.0929. The van der Waals surface area contributed by atoms with E-state index < -0.39 is 29.8 Å². The Kier molecular flexibility index (Phi) is 4.66. The summed E-state index contributed by atoms with van der Waals surface area (Å²) in [6.07, 6.45) is 3.77.